The molecule has 2 heterocycles. The van der Waals surface area contributed by atoms with Gasteiger partial charge in [0.2, 0.25) is 5.89 Å². The summed E-state index contributed by atoms with van der Waals surface area (Å²) in [5, 5.41) is 4.71. The van der Waals surface area contributed by atoms with Crippen LogP contribution in [0.15, 0.2) is 40.1 Å². The molecular weight excluding hydrogens is 315 g/mol. The highest BCUT2D eigenvalue weighted by Gasteiger charge is 2.18. The lowest BCUT2D eigenvalue weighted by Gasteiger charge is -2.03. The number of nitrogens with zero attached hydrogens (tertiary/aromatic N) is 3. The third-order valence-corrected chi connectivity index (χ3v) is 4.30. The van der Waals surface area contributed by atoms with E-state index in [9.17, 15) is 4.39 Å². The van der Waals surface area contributed by atoms with E-state index >= 15 is 0 Å². The number of nitrogens with one attached hydrogen (secondary N) is 1. The maximum absolute atomic E-state index is 13.0. The van der Waals surface area contributed by atoms with Crippen LogP contribution in [-0.2, 0) is 0 Å². The van der Waals surface area contributed by atoms with Crippen molar-refractivity contribution in [3.8, 4) is 11.3 Å². The van der Waals surface area contributed by atoms with E-state index in [1.807, 2.05) is 20.8 Å². The molecule has 0 radical (unpaired) electrons. The number of hydrogen-bond donors (Lipinski definition) is 1. The Balaban J connectivity index is 1.71. The summed E-state index contributed by atoms with van der Waals surface area (Å²) in [6.45, 7) is 6.03. The third kappa shape index (κ3) is 3.61. The van der Waals surface area contributed by atoms with Gasteiger partial charge >= 0.3 is 0 Å². The van der Waals surface area contributed by atoms with Gasteiger partial charge in [0.1, 0.15) is 5.82 Å². The predicted octanol–water partition coefficient (Wildman–Crippen LogP) is 4.58. The van der Waals surface area contributed by atoms with Gasteiger partial charge in [-0.2, -0.15) is 4.98 Å². The zero-order chi connectivity index (χ0) is 16.4. The summed E-state index contributed by atoms with van der Waals surface area (Å²) in [5.41, 5.74) is 1.73. The molecule has 0 saturated carbocycles. The summed E-state index contributed by atoms with van der Waals surface area (Å²) >= 11 is 1.50. The van der Waals surface area contributed by atoms with Gasteiger partial charge in [0.05, 0.1) is 17.1 Å². The van der Waals surface area contributed by atoms with Gasteiger partial charge in [-0.25, -0.2) is 9.37 Å². The third-order valence-electron chi connectivity index (χ3n) is 3.32. The van der Waals surface area contributed by atoms with Crippen LogP contribution < -0.4 is 0 Å². The number of aromatic amines is 1. The summed E-state index contributed by atoms with van der Waals surface area (Å²) in [6.07, 6.45) is 1.73. The second-order valence-corrected chi connectivity index (χ2v) is 6.84. The fraction of sp³-hybridized carbons (Fsp3) is 0.312. The minimum Gasteiger partial charge on any atom is -0.338 e. The lowest BCUT2D eigenvalue weighted by Crippen LogP contribution is -1.93. The van der Waals surface area contributed by atoms with Gasteiger partial charge < -0.3 is 9.51 Å². The maximum atomic E-state index is 13.0. The van der Waals surface area contributed by atoms with E-state index in [1.54, 1.807) is 18.3 Å². The van der Waals surface area contributed by atoms with Crippen LogP contribution in [0.1, 0.15) is 43.7 Å². The Bertz CT molecular complexity index is 781. The van der Waals surface area contributed by atoms with Crippen molar-refractivity contribution in [2.45, 2.75) is 37.1 Å². The SMILES string of the molecule is CC(C)c1noc(C(C)Sc2ncc(-c3ccc(F)cc3)[nH]2)n1. The Morgan fingerprint density at radius 2 is 1.91 bits per heavy atom. The summed E-state index contributed by atoms with van der Waals surface area (Å²) in [5.74, 6) is 1.27. The monoisotopic (exact) mass is 332 g/mol. The van der Waals surface area contributed by atoms with Crippen molar-refractivity contribution in [3.05, 3.63) is 48.0 Å². The standard InChI is InChI=1S/C16H17FN4OS/c1-9(2)14-20-15(22-21-14)10(3)23-16-18-8-13(19-16)11-4-6-12(17)7-5-11/h4-10H,1-3H3,(H,18,19). The first-order valence-corrected chi connectivity index (χ1v) is 8.22. The van der Waals surface area contributed by atoms with Crippen LogP contribution in [0.2, 0.25) is 0 Å². The topological polar surface area (TPSA) is 67.6 Å². The van der Waals surface area contributed by atoms with Gasteiger partial charge in [0.15, 0.2) is 11.0 Å². The molecule has 0 aliphatic heterocycles. The summed E-state index contributed by atoms with van der Waals surface area (Å²) < 4.78 is 18.3. The molecule has 2 aromatic heterocycles. The first-order valence-electron chi connectivity index (χ1n) is 7.34. The maximum Gasteiger partial charge on any atom is 0.239 e. The lowest BCUT2D eigenvalue weighted by atomic mass is 10.2. The fourth-order valence-electron chi connectivity index (χ4n) is 2.00. The Kier molecular flexibility index (Phi) is 4.47. The van der Waals surface area contributed by atoms with Crippen molar-refractivity contribution in [3.63, 3.8) is 0 Å². The Hall–Kier alpha value is -2.15. The molecule has 3 aromatic rings. The molecule has 1 aromatic carbocycles. The summed E-state index contributed by atoms with van der Waals surface area (Å²) in [7, 11) is 0. The van der Waals surface area contributed by atoms with Crippen LogP contribution in [0, 0.1) is 5.82 Å². The second kappa shape index (κ2) is 6.54. The van der Waals surface area contributed by atoms with Crippen LogP contribution in [0.25, 0.3) is 11.3 Å². The molecule has 0 bridgehead atoms. The average molecular weight is 332 g/mol. The molecule has 5 nitrogen and oxygen atoms in total. The summed E-state index contributed by atoms with van der Waals surface area (Å²) in [6, 6.07) is 6.29. The van der Waals surface area contributed by atoms with Crippen molar-refractivity contribution in [2.75, 3.05) is 0 Å². The number of thioether (sulfide) groups is 1. The number of rotatable bonds is 5. The first-order chi connectivity index (χ1) is 11.0. The van der Waals surface area contributed by atoms with Gasteiger partial charge in [-0.3, -0.25) is 0 Å². The Morgan fingerprint density at radius 3 is 2.57 bits per heavy atom. The molecule has 0 aliphatic rings. The smallest absolute Gasteiger partial charge is 0.239 e. The van der Waals surface area contributed by atoms with E-state index in [4.69, 9.17) is 4.52 Å². The van der Waals surface area contributed by atoms with Crippen molar-refractivity contribution in [1.29, 1.82) is 0 Å². The average Bonchev–Trinajstić information content (AvgIpc) is 3.17. The van der Waals surface area contributed by atoms with Crippen LogP contribution in [0.4, 0.5) is 4.39 Å². The predicted molar refractivity (Wildman–Crippen MR) is 86.6 cm³/mol. The van der Waals surface area contributed by atoms with Gasteiger partial charge in [-0.1, -0.05) is 30.8 Å². The number of imidazole rings is 1. The van der Waals surface area contributed by atoms with E-state index in [2.05, 4.69) is 20.1 Å². The van der Waals surface area contributed by atoms with Gasteiger partial charge in [0, 0.05) is 5.92 Å². The van der Waals surface area contributed by atoms with E-state index in [1.165, 1.54) is 23.9 Å². The number of hydrogen-bond acceptors (Lipinski definition) is 5. The minimum atomic E-state index is -0.256. The normalized spacial score (nSPS) is 12.7. The highest BCUT2D eigenvalue weighted by molar-refractivity contribution is 7.99. The van der Waals surface area contributed by atoms with Crippen molar-refractivity contribution >= 4 is 11.8 Å². The fourth-order valence-corrected chi connectivity index (χ4v) is 2.82. The van der Waals surface area contributed by atoms with Crippen LogP contribution in [0.3, 0.4) is 0 Å². The van der Waals surface area contributed by atoms with Crippen molar-refractivity contribution < 1.29 is 8.91 Å². The highest BCUT2D eigenvalue weighted by Crippen LogP contribution is 2.33. The van der Waals surface area contributed by atoms with Gasteiger partial charge in [0.25, 0.3) is 0 Å². The van der Waals surface area contributed by atoms with Crippen molar-refractivity contribution in [1.82, 2.24) is 20.1 Å². The van der Waals surface area contributed by atoms with Crippen LogP contribution >= 0.6 is 11.8 Å². The molecular formula is C16H17FN4OS. The molecule has 1 N–H and O–H groups in total. The molecule has 0 aliphatic carbocycles. The van der Waals surface area contributed by atoms with E-state index < -0.39 is 0 Å². The lowest BCUT2D eigenvalue weighted by molar-refractivity contribution is 0.373. The number of benzene rings is 1. The van der Waals surface area contributed by atoms with Gasteiger partial charge in [-0.15, -0.1) is 0 Å². The molecule has 7 heteroatoms. The minimum absolute atomic E-state index is 0.0118. The molecule has 23 heavy (non-hydrogen) atoms. The number of halogens is 1. The quantitative estimate of drug-likeness (QED) is 0.693. The van der Waals surface area contributed by atoms with Crippen LogP contribution in [-0.4, -0.2) is 20.1 Å². The second-order valence-electron chi connectivity index (χ2n) is 5.51. The molecule has 3 rings (SSSR count). The van der Waals surface area contributed by atoms with E-state index in [0.29, 0.717) is 11.7 Å². The van der Waals surface area contributed by atoms with Crippen molar-refractivity contribution in [2.24, 2.45) is 0 Å². The zero-order valence-corrected chi connectivity index (χ0v) is 13.9. The zero-order valence-electron chi connectivity index (χ0n) is 13.1. The first kappa shape index (κ1) is 15.7. The Morgan fingerprint density at radius 1 is 1.17 bits per heavy atom. The summed E-state index contributed by atoms with van der Waals surface area (Å²) in [4.78, 5) is 12.0. The molecule has 0 fully saturated rings. The van der Waals surface area contributed by atoms with E-state index in [0.717, 1.165) is 16.4 Å². The molecule has 0 amide bonds. The largest absolute Gasteiger partial charge is 0.338 e. The van der Waals surface area contributed by atoms with Crippen LogP contribution in [0.5, 0.6) is 0 Å². The number of aromatic nitrogens is 4. The molecule has 1 unspecified atom stereocenters. The molecule has 0 saturated heterocycles. The molecule has 0 spiro atoms. The Labute approximate surface area is 137 Å². The molecule has 1 atom stereocenters. The van der Waals surface area contributed by atoms with E-state index in [-0.39, 0.29) is 17.0 Å². The number of H-pyrrole nitrogens is 1. The molecule has 120 valence electrons. The van der Waals surface area contributed by atoms with Gasteiger partial charge in [-0.05, 0) is 36.8 Å². The highest BCUT2D eigenvalue weighted by atomic mass is 32.2.